The zero-order valence-corrected chi connectivity index (χ0v) is 8.47. The van der Waals surface area contributed by atoms with Gasteiger partial charge in [-0.15, -0.1) is 0 Å². The number of aryl methyl sites for hydroxylation is 1. The molecule has 1 aromatic carbocycles. The van der Waals surface area contributed by atoms with Crippen LogP contribution in [-0.2, 0) is 0 Å². The molecule has 2 heterocycles. The van der Waals surface area contributed by atoms with Gasteiger partial charge in [-0.3, -0.25) is 0 Å². The van der Waals surface area contributed by atoms with Crippen LogP contribution in [0.2, 0.25) is 0 Å². The number of hydrogen-bond acceptors (Lipinski definition) is 3. The first-order chi connectivity index (χ1) is 7.31. The van der Waals surface area contributed by atoms with E-state index in [0.29, 0.717) is 6.61 Å². The fourth-order valence-corrected chi connectivity index (χ4v) is 2.19. The van der Waals surface area contributed by atoms with Crippen molar-refractivity contribution in [3.63, 3.8) is 0 Å². The van der Waals surface area contributed by atoms with Crippen molar-refractivity contribution >= 4 is 11.0 Å². The summed E-state index contributed by atoms with van der Waals surface area (Å²) in [6.07, 6.45) is 0. The van der Waals surface area contributed by atoms with Gasteiger partial charge in [-0.25, -0.2) is 4.98 Å². The van der Waals surface area contributed by atoms with E-state index in [1.807, 2.05) is 25.1 Å². The van der Waals surface area contributed by atoms with Gasteiger partial charge in [0.1, 0.15) is 23.7 Å². The molecule has 1 aromatic heterocycles. The van der Waals surface area contributed by atoms with E-state index in [0.717, 1.165) is 22.6 Å². The Labute approximate surface area is 87.1 Å². The largest absolute Gasteiger partial charge is 0.489 e. The molecule has 2 aromatic rings. The topological polar surface area (TPSA) is 47.3 Å². The summed E-state index contributed by atoms with van der Waals surface area (Å²) in [5, 5.41) is 9.28. The third kappa shape index (κ3) is 1.08. The van der Waals surface area contributed by atoms with E-state index in [-0.39, 0.29) is 12.6 Å². The third-order valence-electron chi connectivity index (χ3n) is 2.86. The van der Waals surface area contributed by atoms with Crippen molar-refractivity contribution in [3.8, 4) is 5.75 Å². The molecule has 3 rings (SSSR count). The fraction of sp³-hybridized carbons (Fsp3) is 0.364. The molecule has 4 heteroatoms. The first-order valence-electron chi connectivity index (χ1n) is 5.02. The Kier molecular flexibility index (Phi) is 1.73. The van der Waals surface area contributed by atoms with Crippen LogP contribution in [0.5, 0.6) is 5.75 Å². The van der Waals surface area contributed by atoms with Gasteiger partial charge < -0.3 is 14.4 Å². The Bertz CT molecular complexity index is 519. The Morgan fingerprint density at radius 2 is 2.47 bits per heavy atom. The summed E-state index contributed by atoms with van der Waals surface area (Å²) in [6.45, 7) is 2.55. The summed E-state index contributed by atoms with van der Waals surface area (Å²) < 4.78 is 7.66. The lowest BCUT2D eigenvalue weighted by molar-refractivity contribution is 0.157. The molecule has 0 fully saturated rings. The molecule has 0 aliphatic carbocycles. The van der Waals surface area contributed by atoms with Gasteiger partial charge in [-0.2, -0.15) is 0 Å². The highest BCUT2D eigenvalue weighted by Gasteiger charge is 2.24. The Morgan fingerprint density at radius 3 is 3.27 bits per heavy atom. The van der Waals surface area contributed by atoms with Gasteiger partial charge in [-0.1, -0.05) is 6.07 Å². The van der Waals surface area contributed by atoms with Crippen molar-refractivity contribution in [1.29, 1.82) is 0 Å². The average molecular weight is 204 g/mol. The number of imidazole rings is 1. The summed E-state index contributed by atoms with van der Waals surface area (Å²) in [6, 6.07) is 5.83. The molecule has 1 atom stereocenters. The van der Waals surface area contributed by atoms with Crippen LogP contribution in [0.4, 0.5) is 0 Å². The molecular weight excluding hydrogens is 192 g/mol. The van der Waals surface area contributed by atoms with E-state index in [2.05, 4.69) is 9.55 Å². The molecule has 0 spiro atoms. The minimum Gasteiger partial charge on any atom is -0.489 e. The first-order valence-corrected chi connectivity index (χ1v) is 5.02. The van der Waals surface area contributed by atoms with Crippen LogP contribution in [0.15, 0.2) is 18.2 Å². The van der Waals surface area contributed by atoms with E-state index < -0.39 is 0 Å². The predicted molar refractivity (Wildman–Crippen MR) is 56.1 cm³/mol. The van der Waals surface area contributed by atoms with E-state index in [1.54, 1.807) is 0 Å². The van der Waals surface area contributed by atoms with E-state index >= 15 is 0 Å². The summed E-state index contributed by atoms with van der Waals surface area (Å²) >= 11 is 0. The van der Waals surface area contributed by atoms with Crippen molar-refractivity contribution < 1.29 is 9.84 Å². The molecule has 1 aliphatic heterocycles. The van der Waals surface area contributed by atoms with Crippen LogP contribution in [0, 0.1) is 6.92 Å². The maximum absolute atomic E-state index is 9.28. The number of nitrogens with zero attached hydrogens (tertiary/aromatic N) is 2. The normalized spacial score (nSPS) is 19.2. The second-order valence-corrected chi connectivity index (χ2v) is 3.80. The predicted octanol–water partition coefficient (Wildman–Crippen LogP) is 1.27. The van der Waals surface area contributed by atoms with Gasteiger partial charge in [0.25, 0.3) is 0 Å². The third-order valence-corrected chi connectivity index (χ3v) is 2.86. The Hall–Kier alpha value is -1.55. The lowest BCUT2D eigenvalue weighted by Gasteiger charge is -2.25. The molecule has 78 valence electrons. The number of aliphatic hydroxyl groups excluding tert-OH is 1. The number of ether oxygens (including phenoxy) is 1. The van der Waals surface area contributed by atoms with Crippen molar-refractivity contribution in [2.24, 2.45) is 0 Å². The van der Waals surface area contributed by atoms with Crippen LogP contribution in [0.25, 0.3) is 11.0 Å². The second-order valence-electron chi connectivity index (χ2n) is 3.80. The van der Waals surface area contributed by atoms with Gasteiger partial charge in [0.05, 0.1) is 18.2 Å². The van der Waals surface area contributed by atoms with Gasteiger partial charge in [0.2, 0.25) is 0 Å². The van der Waals surface area contributed by atoms with Crippen molar-refractivity contribution in [1.82, 2.24) is 9.55 Å². The quantitative estimate of drug-likeness (QED) is 0.761. The molecule has 1 unspecified atom stereocenters. The van der Waals surface area contributed by atoms with E-state index in [1.165, 1.54) is 0 Å². The Balaban J connectivity index is 2.38. The van der Waals surface area contributed by atoms with Gasteiger partial charge in [0.15, 0.2) is 0 Å². The maximum atomic E-state index is 9.28. The number of benzene rings is 1. The van der Waals surface area contributed by atoms with E-state index in [4.69, 9.17) is 4.74 Å². The average Bonchev–Trinajstić information content (AvgIpc) is 2.59. The summed E-state index contributed by atoms with van der Waals surface area (Å²) in [7, 11) is 0. The number of para-hydroxylation sites is 1. The highest BCUT2D eigenvalue weighted by molar-refractivity contribution is 5.83. The zero-order chi connectivity index (χ0) is 10.4. The van der Waals surface area contributed by atoms with Crippen molar-refractivity contribution in [3.05, 3.63) is 24.0 Å². The van der Waals surface area contributed by atoms with E-state index in [9.17, 15) is 5.11 Å². The molecule has 0 bridgehead atoms. The van der Waals surface area contributed by atoms with Crippen molar-refractivity contribution in [2.75, 3.05) is 13.2 Å². The van der Waals surface area contributed by atoms with Crippen LogP contribution < -0.4 is 4.74 Å². The number of rotatable bonds is 1. The lowest BCUT2D eigenvalue weighted by Crippen LogP contribution is -2.25. The number of hydrogen-bond donors (Lipinski definition) is 1. The SMILES string of the molecule is Cc1nc2cccc3c2n1C(CO)CO3. The van der Waals surface area contributed by atoms with Crippen LogP contribution >= 0.6 is 0 Å². The molecule has 0 radical (unpaired) electrons. The van der Waals surface area contributed by atoms with Crippen LogP contribution in [-0.4, -0.2) is 27.9 Å². The zero-order valence-electron chi connectivity index (χ0n) is 8.47. The van der Waals surface area contributed by atoms with Crippen LogP contribution in [0.3, 0.4) is 0 Å². The van der Waals surface area contributed by atoms with Crippen molar-refractivity contribution in [2.45, 2.75) is 13.0 Å². The standard InChI is InChI=1S/C11H12N2O2/c1-7-12-9-3-2-4-10-11(9)13(7)8(5-14)6-15-10/h2-4,8,14H,5-6H2,1H3. The minimum atomic E-state index is -0.00935. The van der Waals surface area contributed by atoms with Gasteiger partial charge in [0, 0.05) is 0 Å². The summed E-state index contributed by atoms with van der Waals surface area (Å²) in [5.41, 5.74) is 1.93. The molecular formula is C11H12N2O2. The van der Waals surface area contributed by atoms with Gasteiger partial charge in [-0.05, 0) is 19.1 Å². The maximum Gasteiger partial charge on any atom is 0.145 e. The number of aromatic nitrogens is 2. The highest BCUT2D eigenvalue weighted by Crippen LogP contribution is 2.33. The first kappa shape index (κ1) is 8.73. The molecule has 0 amide bonds. The summed E-state index contributed by atoms with van der Waals surface area (Å²) in [5.74, 6) is 1.79. The van der Waals surface area contributed by atoms with Crippen LogP contribution in [0.1, 0.15) is 11.9 Å². The smallest absolute Gasteiger partial charge is 0.145 e. The monoisotopic (exact) mass is 204 g/mol. The molecule has 0 saturated carbocycles. The summed E-state index contributed by atoms with van der Waals surface area (Å²) in [4.78, 5) is 4.45. The molecule has 4 nitrogen and oxygen atoms in total. The second kappa shape index (κ2) is 2.97. The Morgan fingerprint density at radius 1 is 1.60 bits per heavy atom. The molecule has 15 heavy (non-hydrogen) atoms. The number of aliphatic hydroxyl groups is 1. The molecule has 1 N–H and O–H groups in total. The highest BCUT2D eigenvalue weighted by atomic mass is 16.5. The molecule has 1 aliphatic rings. The fourth-order valence-electron chi connectivity index (χ4n) is 2.19. The molecule has 0 saturated heterocycles. The minimum absolute atomic E-state index is 0.00935. The van der Waals surface area contributed by atoms with Gasteiger partial charge >= 0.3 is 0 Å². The lowest BCUT2D eigenvalue weighted by atomic mass is 10.2.